The lowest BCUT2D eigenvalue weighted by Crippen LogP contribution is -2.49. The molecule has 2 fully saturated rings. The predicted octanol–water partition coefficient (Wildman–Crippen LogP) is 2.61. The summed E-state index contributed by atoms with van der Waals surface area (Å²) in [7, 11) is 1.67. The monoisotopic (exact) mass is 418 g/mol. The van der Waals surface area contributed by atoms with Gasteiger partial charge in [-0.25, -0.2) is 4.98 Å². The smallest absolute Gasteiger partial charge is 0.222 e. The third-order valence-electron chi connectivity index (χ3n) is 5.59. The van der Waals surface area contributed by atoms with Crippen molar-refractivity contribution in [1.29, 1.82) is 0 Å². The molecule has 27 heavy (non-hydrogen) atoms. The number of methoxy groups -OCH3 is 1. The molecule has 1 unspecified atom stereocenters. The van der Waals surface area contributed by atoms with Crippen LogP contribution in [0.25, 0.3) is 0 Å². The summed E-state index contributed by atoms with van der Waals surface area (Å²) < 4.78 is 5.27. The Kier molecular flexibility index (Phi) is 10.2. The van der Waals surface area contributed by atoms with Gasteiger partial charge in [0, 0.05) is 44.9 Å². The minimum atomic E-state index is 0. The van der Waals surface area contributed by atoms with E-state index in [0.29, 0.717) is 24.2 Å². The number of piperazine rings is 1. The maximum Gasteiger partial charge on any atom is 0.222 e. The van der Waals surface area contributed by atoms with Crippen LogP contribution < -0.4 is 15.0 Å². The highest BCUT2D eigenvalue weighted by Crippen LogP contribution is 2.25. The number of aromatic nitrogens is 1. The first kappa shape index (κ1) is 23.8. The molecule has 0 spiro atoms. The summed E-state index contributed by atoms with van der Waals surface area (Å²) in [6, 6.07) is 3.81. The molecule has 1 aromatic heterocycles. The van der Waals surface area contributed by atoms with Crippen molar-refractivity contribution >= 4 is 36.5 Å². The van der Waals surface area contributed by atoms with Gasteiger partial charge in [-0.05, 0) is 43.8 Å². The van der Waals surface area contributed by atoms with E-state index < -0.39 is 0 Å². The summed E-state index contributed by atoms with van der Waals surface area (Å²) in [6.07, 6.45) is 4.85. The van der Waals surface area contributed by atoms with Gasteiger partial charge in [0.25, 0.3) is 0 Å². The molecule has 2 saturated heterocycles. The van der Waals surface area contributed by atoms with Gasteiger partial charge < -0.3 is 19.9 Å². The van der Waals surface area contributed by atoms with Crippen molar-refractivity contribution in [3.8, 4) is 5.75 Å². The fraction of sp³-hybridized carbons (Fsp3) is 0.684. The zero-order chi connectivity index (χ0) is 17.6. The van der Waals surface area contributed by atoms with Crippen LogP contribution in [0.4, 0.5) is 5.82 Å². The lowest BCUT2D eigenvalue weighted by molar-refractivity contribution is -0.132. The minimum absolute atomic E-state index is 0. The van der Waals surface area contributed by atoms with E-state index in [-0.39, 0.29) is 24.8 Å². The molecule has 2 aliphatic heterocycles. The molecule has 1 N–H and O–H groups in total. The summed E-state index contributed by atoms with van der Waals surface area (Å²) >= 11 is 0. The van der Waals surface area contributed by atoms with Crippen LogP contribution in [0.1, 0.15) is 26.2 Å². The fourth-order valence-corrected chi connectivity index (χ4v) is 3.87. The van der Waals surface area contributed by atoms with Crippen LogP contribution in [0.15, 0.2) is 18.3 Å². The van der Waals surface area contributed by atoms with Crippen LogP contribution >= 0.6 is 24.8 Å². The molecule has 0 saturated carbocycles. The number of halogens is 2. The molecule has 1 aromatic rings. The molecule has 2 aliphatic rings. The fourth-order valence-electron chi connectivity index (χ4n) is 3.87. The molecule has 1 amide bonds. The number of hydrogen-bond donors (Lipinski definition) is 1. The van der Waals surface area contributed by atoms with E-state index in [1.165, 1.54) is 12.8 Å². The van der Waals surface area contributed by atoms with E-state index in [1.54, 1.807) is 13.3 Å². The first-order chi connectivity index (χ1) is 12.2. The van der Waals surface area contributed by atoms with E-state index in [9.17, 15) is 4.79 Å². The van der Waals surface area contributed by atoms with Crippen molar-refractivity contribution in [1.82, 2.24) is 15.2 Å². The Morgan fingerprint density at radius 2 is 1.93 bits per heavy atom. The predicted molar refractivity (Wildman–Crippen MR) is 113 cm³/mol. The number of nitrogens with one attached hydrogen (secondary N) is 1. The highest BCUT2D eigenvalue weighted by molar-refractivity contribution is 5.85. The number of piperidine rings is 1. The normalized spacial score (nSPS) is 18.9. The SMILES string of the molecule is COc1ccnc(N2CCN(C(=O)CC(C)C3CCNCC3)CC2)c1.Cl.Cl. The van der Waals surface area contributed by atoms with Crippen LogP contribution in [0, 0.1) is 11.8 Å². The highest BCUT2D eigenvalue weighted by Gasteiger charge is 2.26. The van der Waals surface area contributed by atoms with E-state index in [0.717, 1.165) is 50.8 Å². The van der Waals surface area contributed by atoms with E-state index in [2.05, 4.69) is 22.1 Å². The Morgan fingerprint density at radius 1 is 1.26 bits per heavy atom. The molecule has 3 heterocycles. The van der Waals surface area contributed by atoms with Gasteiger partial charge in [-0.2, -0.15) is 0 Å². The van der Waals surface area contributed by atoms with Crippen molar-refractivity contribution in [2.24, 2.45) is 11.8 Å². The molecule has 3 rings (SSSR count). The van der Waals surface area contributed by atoms with E-state index >= 15 is 0 Å². The maximum absolute atomic E-state index is 12.7. The van der Waals surface area contributed by atoms with E-state index in [1.807, 2.05) is 17.0 Å². The number of carbonyl (C=O) groups excluding carboxylic acids is 1. The molecule has 154 valence electrons. The van der Waals surface area contributed by atoms with Gasteiger partial charge in [-0.1, -0.05) is 6.92 Å². The van der Waals surface area contributed by atoms with Crippen molar-refractivity contribution in [2.45, 2.75) is 26.2 Å². The lowest BCUT2D eigenvalue weighted by Gasteiger charge is -2.36. The second-order valence-electron chi connectivity index (χ2n) is 7.19. The van der Waals surface area contributed by atoms with Gasteiger partial charge in [-0.15, -0.1) is 24.8 Å². The van der Waals surface area contributed by atoms with Gasteiger partial charge >= 0.3 is 0 Å². The highest BCUT2D eigenvalue weighted by atomic mass is 35.5. The second-order valence-corrected chi connectivity index (χ2v) is 7.19. The van der Waals surface area contributed by atoms with Crippen LogP contribution in [0.2, 0.25) is 0 Å². The topological polar surface area (TPSA) is 57.7 Å². The Morgan fingerprint density at radius 3 is 2.56 bits per heavy atom. The van der Waals surface area contributed by atoms with E-state index in [4.69, 9.17) is 4.74 Å². The average Bonchev–Trinajstić information content (AvgIpc) is 2.68. The Hall–Kier alpha value is -1.24. The Balaban J connectivity index is 0.00000182. The van der Waals surface area contributed by atoms with Crippen molar-refractivity contribution in [3.05, 3.63) is 18.3 Å². The van der Waals surface area contributed by atoms with Crippen molar-refractivity contribution in [2.75, 3.05) is 51.3 Å². The quantitative estimate of drug-likeness (QED) is 0.795. The molecular formula is C19H32Cl2N4O2. The van der Waals surface area contributed by atoms with Gasteiger partial charge in [0.15, 0.2) is 0 Å². The Bertz CT molecular complexity index is 577. The van der Waals surface area contributed by atoms with Crippen molar-refractivity contribution < 1.29 is 9.53 Å². The zero-order valence-electron chi connectivity index (χ0n) is 16.2. The molecule has 8 heteroatoms. The maximum atomic E-state index is 12.7. The second kappa shape index (κ2) is 11.6. The number of hydrogen-bond acceptors (Lipinski definition) is 5. The van der Waals surface area contributed by atoms with Gasteiger partial charge in [0.1, 0.15) is 11.6 Å². The minimum Gasteiger partial charge on any atom is -0.497 e. The third-order valence-corrected chi connectivity index (χ3v) is 5.59. The average molecular weight is 419 g/mol. The standard InChI is InChI=1S/C19H30N4O2.2ClH/c1-15(16-3-6-20-7-4-16)13-19(24)23-11-9-22(10-12-23)18-14-17(25-2)5-8-21-18;;/h5,8,14-16,20H,3-4,6-7,9-13H2,1-2H3;2*1H. The van der Waals surface area contributed by atoms with Gasteiger partial charge in [0.2, 0.25) is 5.91 Å². The molecule has 0 bridgehead atoms. The number of carbonyl (C=O) groups is 1. The number of amides is 1. The molecular weight excluding hydrogens is 387 g/mol. The molecule has 1 atom stereocenters. The van der Waals surface area contributed by atoms with Gasteiger partial charge in [0.05, 0.1) is 7.11 Å². The molecule has 6 nitrogen and oxygen atoms in total. The summed E-state index contributed by atoms with van der Waals surface area (Å²) in [4.78, 5) is 21.3. The number of ether oxygens (including phenoxy) is 1. The van der Waals surface area contributed by atoms with Crippen LogP contribution in [-0.4, -0.2) is 62.2 Å². The molecule has 0 aliphatic carbocycles. The first-order valence-electron chi connectivity index (χ1n) is 9.41. The number of anilines is 1. The molecule has 0 radical (unpaired) electrons. The first-order valence-corrected chi connectivity index (χ1v) is 9.41. The summed E-state index contributed by atoms with van der Waals surface area (Å²) in [5.74, 6) is 3.22. The number of nitrogens with zero attached hydrogens (tertiary/aromatic N) is 3. The summed E-state index contributed by atoms with van der Waals surface area (Å²) in [5, 5.41) is 3.40. The summed E-state index contributed by atoms with van der Waals surface area (Å²) in [6.45, 7) is 7.63. The number of rotatable bonds is 5. The number of pyridine rings is 1. The zero-order valence-corrected chi connectivity index (χ0v) is 17.9. The lowest BCUT2D eigenvalue weighted by atomic mass is 9.84. The van der Waals surface area contributed by atoms with Crippen LogP contribution in [-0.2, 0) is 4.79 Å². The largest absolute Gasteiger partial charge is 0.497 e. The van der Waals surface area contributed by atoms with Crippen LogP contribution in [0.3, 0.4) is 0 Å². The molecule has 0 aromatic carbocycles. The third kappa shape index (κ3) is 6.40. The van der Waals surface area contributed by atoms with Gasteiger partial charge in [-0.3, -0.25) is 4.79 Å². The Labute approximate surface area is 174 Å². The summed E-state index contributed by atoms with van der Waals surface area (Å²) in [5.41, 5.74) is 0. The van der Waals surface area contributed by atoms with Crippen LogP contribution in [0.5, 0.6) is 5.75 Å². The van der Waals surface area contributed by atoms with Crippen molar-refractivity contribution in [3.63, 3.8) is 0 Å².